The van der Waals surface area contributed by atoms with Crippen molar-refractivity contribution in [3.63, 3.8) is 0 Å². The fraction of sp³-hybridized carbons (Fsp3) is 0.314. The second-order valence-corrected chi connectivity index (χ2v) is 10.7. The molecule has 1 aromatic heterocycles. The number of carbonyl (C=O) groups excluding carboxylic acids is 1. The predicted octanol–water partition coefficient (Wildman–Crippen LogP) is 7.46. The normalized spacial score (nSPS) is 11.8. The molecule has 0 saturated carbocycles. The summed E-state index contributed by atoms with van der Waals surface area (Å²) in [5.41, 5.74) is 6.50. The summed E-state index contributed by atoms with van der Waals surface area (Å²) in [4.78, 5) is 26.0. The van der Waals surface area contributed by atoms with E-state index in [1.165, 1.54) is 11.1 Å². The Morgan fingerprint density at radius 3 is 2.52 bits per heavy atom. The SMILES string of the molecule is CC(C)=CCc1cc(C(=O)Cc2cc3ccc(OCCCNC(C)c4ccccc4)c(C)c3oc2=O)ccc1C. The lowest BCUT2D eigenvalue weighted by Crippen LogP contribution is -2.21. The molecule has 5 nitrogen and oxygen atoms in total. The second-order valence-electron chi connectivity index (χ2n) is 10.7. The van der Waals surface area contributed by atoms with Crippen LogP contribution in [0.1, 0.15) is 71.4 Å². The Hall–Kier alpha value is -3.96. The van der Waals surface area contributed by atoms with Gasteiger partial charge in [-0.3, -0.25) is 4.79 Å². The monoisotopic (exact) mass is 537 g/mol. The second kappa shape index (κ2) is 13.4. The Kier molecular flexibility index (Phi) is 9.73. The molecule has 40 heavy (non-hydrogen) atoms. The molecule has 1 atom stereocenters. The predicted molar refractivity (Wildman–Crippen MR) is 163 cm³/mol. The van der Waals surface area contributed by atoms with Crippen molar-refractivity contribution < 1.29 is 13.9 Å². The maximum absolute atomic E-state index is 13.1. The molecule has 208 valence electrons. The van der Waals surface area contributed by atoms with Gasteiger partial charge in [-0.05, 0) is 95.0 Å². The molecule has 0 bridgehead atoms. The van der Waals surface area contributed by atoms with Crippen molar-refractivity contribution in [2.45, 2.75) is 59.9 Å². The van der Waals surface area contributed by atoms with Gasteiger partial charge in [0.1, 0.15) is 11.3 Å². The van der Waals surface area contributed by atoms with E-state index in [4.69, 9.17) is 9.15 Å². The van der Waals surface area contributed by atoms with E-state index >= 15 is 0 Å². The first-order chi connectivity index (χ1) is 19.2. The maximum Gasteiger partial charge on any atom is 0.339 e. The number of benzene rings is 3. The van der Waals surface area contributed by atoms with Crippen molar-refractivity contribution in [2.75, 3.05) is 13.2 Å². The van der Waals surface area contributed by atoms with E-state index in [-0.39, 0.29) is 18.2 Å². The number of hydrogen-bond acceptors (Lipinski definition) is 5. The van der Waals surface area contributed by atoms with Crippen LogP contribution in [-0.4, -0.2) is 18.9 Å². The summed E-state index contributed by atoms with van der Waals surface area (Å²) in [5, 5.41) is 4.29. The molecule has 4 aromatic rings. The maximum atomic E-state index is 13.1. The van der Waals surface area contributed by atoms with E-state index < -0.39 is 5.63 Å². The number of ether oxygens (including phenoxy) is 1. The van der Waals surface area contributed by atoms with E-state index in [9.17, 15) is 9.59 Å². The van der Waals surface area contributed by atoms with Crippen LogP contribution in [-0.2, 0) is 12.8 Å². The van der Waals surface area contributed by atoms with Crippen LogP contribution in [0, 0.1) is 13.8 Å². The molecule has 0 saturated heterocycles. The van der Waals surface area contributed by atoms with E-state index in [2.05, 4.69) is 44.3 Å². The Morgan fingerprint density at radius 1 is 1.00 bits per heavy atom. The average Bonchev–Trinajstić information content (AvgIpc) is 2.94. The van der Waals surface area contributed by atoms with Gasteiger partial charge in [0.25, 0.3) is 0 Å². The number of rotatable bonds is 12. The van der Waals surface area contributed by atoms with Crippen LogP contribution >= 0.6 is 0 Å². The third-order valence-corrected chi connectivity index (χ3v) is 7.25. The van der Waals surface area contributed by atoms with Crippen LogP contribution in [0.3, 0.4) is 0 Å². The number of ketones is 1. The van der Waals surface area contributed by atoms with Crippen LogP contribution < -0.4 is 15.7 Å². The highest BCUT2D eigenvalue weighted by Gasteiger charge is 2.16. The molecular weight excluding hydrogens is 498 g/mol. The topological polar surface area (TPSA) is 68.5 Å². The molecule has 1 N–H and O–H groups in total. The first-order valence-corrected chi connectivity index (χ1v) is 14.0. The zero-order valence-electron chi connectivity index (χ0n) is 24.2. The molecule has 4 rings (SSSR count). The van der Waals surface area contributed by atoms with E-state index in [1.54, 1.807) is 6.07 Å². The van der Waals surface area contributed by atoms with Crippen molar-refractivity contribution in [2.24, 2.45) is 0 Å². The third-order valence-electron chi connectivity index (χ3n) is 7.25. The molecule has 0 aliphatic carbocycles. The summed E-state index contributed by atoms with van der Waals surface area (Å²) in [7, 11) is 0. The molecule has 0 amide bonds. The fourth-order valence-corrected chi connectivity index (χ4v) is 4.71. The Labute approximate surface area is 236 Å². The average molecular weight is 538 g/mol. The number of allylic oxidation sites excluding steroid dienone is 2. The van der Waals surface area contributed by atoms with Gasteiger partial charge in [0.05, 0.1) is 6.61 Å². The first kappa shape index (κ1) is 29.0. The lowest BCUT2D eigenvalue weighted by molar-refractivity contribution is 0.0992. The van der Waals surface area contributed by atoms with Gasteiger partial charge in [-0.25, -0.2) is 4.79 Å². The molecule has 0 aliphatic heterocycles. The smallest absolute Gasteiger partial charge is 0.339 e. The van der Waals surface area contributed by atoms with Crippen LogP contribution in [0.5, 0.6) is 5.75 Å². The van der Waals surface area contributed by atoms with Gasteiger partial charge < -0.3 is 14.5 Å². The highest BCUT2D eigenvalue weighted by atomic mass is 16.5. The summed E-state index contributed by atoms with van der Waals surface area (Å²) < 4.78 is 11.7. The summed E-state index contributed by atoms with van der Waals surface area (Å²) in [5.74, 6) is 0.594. The lowest BCUT2D eigenvalue weighted by atomic mass is 9.97. The lowest BCUT2D eigenvalue weighted by Gasteiger charge is -2.15. The zero-order chi connectivity index (χ0) is 28.6. The molecular formula is C35H39NO4. The van der Waals surface area contributed by atoms with Crippen LogP contribution in [0.4, 0.5) is 0 Å². The Morgan fingerprint density at radius 2 is 1.77 bits per heavy atom. The van der Waals surface area contributed by atoms with Crippen molar-refractivity contribution in [1.82, 2.24) is 5.32 Å². The minimum atomic E-state index is -0.489. The third kappa shape index (κ3) is 7.36. The fourth-order valence-electron chi connectivity index (χ4n) is 4.71. The van der Waals surface area contributed by atoms with Crippen molar-refractivity contribution >= 4 is 16.8 Å². The molecule has 1 unspecified atom stereocenters. The van der Waals surface area contributed by atoms with Crippen molar-refractivity contribution in [1.29, 1.82) is 0 Å². The van der Waals surface area contributed by atoms with E-state index in [0.29, 0.717) is 29.1 Å². The van der Waals surface area contributed by atoms with Gasteiger partial charge in [0, 0.05) is 34.5 Å². The summed E-state index contributed by atoms with van der Waals surface area (Å²) >= 11 is 0. The minimum absolute atomic E-state index is 0.00484. The number of Topliss-reactive ketones (excluding diaryl/α,β-unsaturated/α-hetero) is 1. The number of nitrogens with one attached hydrogen (secondary N) is 1. The molecule has 0 radical (unpaired) electrons. The highest BCUT2D eigenvalue weighted by molar-refractivity contribution is 5.98. The minimum Gasteiger partial charge on any atom is -0.493 e. The van der Waals surface area contributed by atoms with Crippen LogP contribution in [0.2, 0.25) is 0 Å². The highest BCUT2D eigenvalue weighted by Crippen LogP contribution is 2.27. The van der Waals surface area contributed by atoms with Gasteiger partial charge in [0.2, 0.25) is 0 Å². The summed E-state index contributed by atoms with van der Waals surface area (Å²) in [6.45, 7) is 11.6. The molecule has 0 fully saturated rings. The number of aryl methyl sites for hydroxylation is 2. The van der Waals surface area contributed by atoms with Gasteiger partial charge in [0.15, 0.2) is 5.78 Å². The molecule has 0 aliphatic rings. The standard InChI is InChI=1S/C35H39NO4/c1-23(2)12-14-28-20-29(15-13-24(28)3)32(37)22-31-21-30-16-17-33(25(4)34(30)40-35(31)38)39-19-9-18-36-26(5)27-10-7-6-8-11-27/h6-8,10-13,15-17,20-21,26,36H,9,14,18-19,22H2,1-5H3. The van der Waals surface area contributed by atoms with Gasteiger partial charge in [-0.15, -0.1) is 0 Å². The largest absolute Gasteiger partial charge is 0.493 e. The molecule has 3 aromatic carbocycles. The van der Waals surface area contributed by atoms with E-state index in [0.717, 1.165) is 41.5 Å². The van der Waals surface area contributed by atoms with Gasteiger partial charge in [-0.1, -0.05) is 54.1 Å². The number of fused-ring (bicyclic) bond motifs is 1. The number of hydrogen-bond donors (Lipinski definition) is 1. The summed E-state index contributed by atoms with van der Waals surface area (Å²) in [6, 6.07) is 21.9. The Bertz CT molecular complexity index is 1560. The van der Waals surface area contributed by atoms with Crippen LogP contribution in [0.15, 0.2) is 87.6 Å². The molecule has 0 spiro atoms. The summed E-state index contributed by atoms with van der Waals surface area (Å²) in [6.07, 6.45) is 3.77. The van der Waals surface area contributed by atoms with Crippen LogP contribution in [0.25, 0.3) is 11.0 Å². The zero-order valence-corrected chi connectivity index (χ0v) is 24.2. The van der Waals surface area contributed by atoms with Gasteiger partial charge >= 0.3 is 5.63 Å². The molecule has 1 heterocycles. The molecule has 5 heteroatoms. The first-order valence-electron chi connectivity index (χ1n) is 14.0. The Balaban J connectivity index is 1.39. The van der Waals surface area contributed by atoms with Crippen molar-refractivity contribution in [3.05, 3.63) is 122 Å². The van der Waals surface area contributed by atoms with Gasteiger partial charge in [-0.2, -0.15) is 0 Å². The van der Waals surface area contributed by atoms with E-state index in [1.807, 2.05) is 62.4 Å². The van der Waals surface area contributed by atoms with Crippen molar-refractivity contribution in [3.8, 4) is 5.75 Å². The number of carbonyl (C=O) groups is 1. The quantitative estimate of drug-likeness (QED) is 0.0879.